The molecule has 3 rings (SSSR count). The van der Waals surface area contributed by atoms with E-state index < -0.39 is 10.0 Å². The van der Waals surface area contributed by atoms with Crippen molar-refractivity contribution in [2.24, 2.45) is 5.92 Å². The van der Waals surface area contributed by atoms with Crippen LogP contribution in [0.4, 0.5) is 11.4 Å². The molecule has 1 aliphatic carbocycles. The molecule has 1 fully saturated rings. The number of anilines is 2. The fraction of sp³-hybridized carbons (Fsp3) is 0.222. The molecule has 1 saturated carbocycles. The molecule has 8 heteroatoms. The summed E-state index contributed by atoms with van der Waals surface area (Å²) in [6.07, 6.45) is 1.80. The molecule has 0 atom stereocenters. The van der Waals surface area contributed by atoms with E-state index in [1.54, 1.807) is 36.4 Å². The van der Waals surface area contributed by atoms with Gasteiger partial charge in [0.1, 0.15) is 0 Å². The standard InChI is InChI=1S/C18H19N3O3S2/c1-21(15-5-3-2-4-6-15)26(23,24)16-11-9-14(10-12-16)19-18(25)20-17(22)13-7-8-13/h2-6,9-13H,7-8H2,1H3,(H2,19,20,22,25). The zero-order valence-corrected chi connectivity index (χ0v) is 15.8. The lowest BCUT2D eigenvalue weighted by atomic mass is 10.3. The summed E-state index contributed by atoms with van der Waals surface area (Å²) in [6, 6.07) is 15.1. The van der Waals surface area contributed by atoms with Crippen LogP contribution in [-0.2, 0) is 14.8 Å². The molecular weight excluding hydrogens is 370 g/mol. The van der Waals surface area contributed by atoms with Gasteiger partial charge < -0.3 is 10.6 Å². The normalized spacial score (nSPS) is 13.7. The first-order valence-electron chi connectivity index (χ1n) is 8.14. The van der Waals surface area contributed by atoms with Crippen molar-refractivity contribution in [2.45, 2.75) is 17.7 Å². The van der Waals surface area contributed by atoms with E-state index in [0.717, 1.165) is 12.8 Å². The summed E-state index contributed by atoms with van der Waals surface area (Å²) in [7, 11) is -2.14. The quantitative estimate of drug-likeness (QED) is 0.769. The van der Waals surface area contributed by atoms with Crippen LogP contribution in [0.3, 0.4) is 0 Å². The average Bonchev–Trinajstić information content (AvgIpc) is 3.47. The monoisotopic (exact) mass is 389 g/mol. The van der Waals surface area contributed by atoms with Crippen molar-refractivity contribution >= 4 is 44.6 Å². The first-order chi connectivity index (χ1) is 12.4. The Morgan fingerprint density at radius 1 is 1.08 bits per heavy atom. The van der Waals surface area contributed by atoms with Crippen molar-refractivity contribution in [1.29, 1.82) is 0 Å². The van der Waals surface area contributed by atoms with Gasteiger partial charge in [0.2, 0.25) is 5.91 Å². The minimum absolute atomic E-state index is 0.0655. The fourth-order valence-electron chi connectivity index (χ4n) is 2.37. The lowest BCUT2D eigenvalue weighted by Gasteiger charge is -2.19. The number of sulfonamides is 1. The van der Waals surface area contributed by atoms with E-state index >= 15 is 0 Å². The maximum absolute atomic E-state index is 12.7. The minimum atomic E-state index is -3.66. The highest BCUT2D eigenvalue weighted by Gasteiger charge is 2.30. The average molecular weight is 390 g/mol. The van der Waals surface area contributed by atoms with Crippen molar-refractivity contribution in [3.8, 4) is 0 Å². The largest absolute Gasteiger partial charge is 0.332 e. The zero-order valence-electron chi connectivity index (χ0n) is 14.2. The van der Waals surface area contributed by atoms with Gasteiger partial charge in [0.25, 0.3) is 10.0 Å². The van der Waals surface area contributed by atoms with E-state index in [0.29, 0.717) is 11.4 Å². The van der Waals surface area contributed by atoms with Crippen LogP contribution in [-0.4, -0.2) is 26.5 Å². The van der Waals surface area contributed by atoms with E-state index in [-0.39, 0.29) is 21.8 Å². The molecule has 2 aromatic rings. The number of carbonyl (C=O) groups excluding carboxylic acids is 1. The predicted octanol–water partition coefficient (Wildman–Crippen LogP) is 2.73. The van der Waals surface area contributed by atoms with Crippen LogP contribution in [0.15, 0.2) is 59.5 Å². The van der Waals surface area contributed by atoms with Gasteiger partial charge in [0.05, 0.1) is 10.6 Å². The lowest BCUT2D eigenvalue weighted by molar-refractivity contribution is -0.120. The fourth-order valence-corrected chi connectivity index (χ4v) is 3.78. The van der Waals surface area contributed by atoms with E-state index in [4.69, 9.17) is 12.2 Å². The number of nitrogens with zero attached hydrogens (tertiary/aromatic N) is 1. The number of nitrogens with one attached hydrogen (secondary N) is 2. The van der Waals surface area contributed by atoms with Crippen LogP contribution in [0, 0.1) is 5.92 Å². The topological polar surface area (TPSA) is 78.5 Å². The van der Waals surface area contributed by atoms with Crippen molar-refractivity contribution in [2.75, 3.05) is 16.7 Å². The minimum Gasteiger partial charge on any atom is -0.332 e. The van der Waals surface area contributed by atoms with Crippen LogP contribution in [0.1, 0.15) is 12.8 Å². The second kappa shape index (κ2) is 7.43. The molecular formula is C18H19N3O3S2. The number of rotatable bonds is 5. The van der Waals surface area contributed by atoms with Gasteiger partial charge in [-0.3, -0.25) is 9.10 Å². The molecule has 26 heavy (non-hydrogen) atoms. The third kappa shape index (κ3) is 4.20. The SMILES string of the molecule is CN(c1ccccc1)S(=O)(=O)c1ccc(NC(=S)NC(=O)C2CC2)cc1. The molecule has 1 amide bonds. The van der Waals surface area contributed by atoms with Crippen molar-refractivity contribution in [3.05, 3.63) is 54.6 Å². The van der Waals surface area contributed by atoms with Crippen LogP contribution in [0.25, 0.3) is 0 Å². The van der Waals surface area contributed by atoms with Gasteiger partial charge in [-0.15, -0.1) is 0 Å². The summed E-state index contributed by atoms with van der Waals surface area (Å²) in [6.45, 7) is 0. The Kier molecular flexibility index (Phi) is 5.24. The summed E-state index contributed by atoms with van der Waals surface area (Å²) in [5.41, 5.74) is 1.19. The van der Waals surface area contributed by atoms with Crippen LogP contribution in [0.5, 0.6) is 0 Å². The highest BCUT2D eigenvalue weighted by Crippen LogP contribution is 2.28. The Labute approximate surface area is 158 Å². The van der Waals surface area contributed by atoms with Gasteiger partial charge in [-0.25, -0.2) is 8.42 Å². The molecule has 0 heterocycles. The first-order valence-corrected chi connectivity index (χ1v) is 9.98. The number of amides is 1. The molecule has 0 aromatic heterocycles. The Morgan fingerprint density at radius 2 is 1.69 bits per heavy atom. The summed E-state index contributed by atoms with van der Waals surface area (Å²) in [5.74, 6) is -0.0121. The third-order valence-corrected chi connectivity index (χ3v) is 6.08. The van der Waals surface area contributed by atoms with E-state index in [1.807, 2.05) is 6.07 Å². The molecule has 6 nitrogen and oxygen atoms in total. The molecule has 0 aliphatic heterocycles. The Hall–Kier alpha value is -2.45. The first kappa shape index (κ1) is 18.3. The summed E-state index contributed by atoms with van der Waals surface area (Å²) < 4.78 is 26.7. The Morgan fingerprint density at radius 3 is 2.27 bits per heavy atom. The lowest BCUT2D eigenvalue weighted by Crippen LogP contribution is -2.35. The maximum Gasteiger partial charge on any atom is 0.264 e. The van der Waals surface area contributed by atoms with Crippen molar-refractivity contribution in [3.63, 3.8) is 0 Å². The van der Waals surface area contributed by atoms with Crippen LogP contribution >= 0.6 is 12.2 Å². The number of para-hydroxylation sites is 1. The second-order valence-electron chi connectivity index (χ2n) is 6.05. The predicted molar refractivity (Wildman–Crippen MR) is 106 cm³/mol. The maximum atomic E-state index is 12.7. The third-order valence-electron chi connectivity index (χ3n) is 4.08. The zero-order chi connectivity index (χ0) is 18.7. The molecule has 0 radical (unpaired) electrons. The molecule has 2 aromatic carbocycles. The number of benzene rings is 2. The van der Waals surface area contributed by atoms with Gasteiger partial charge in [-0.1, -0.05) is 18.2 Å². The molecule has 1 aliphatic rings. The molecule has 136 valence electrons. The Balaban J connectivity index is 1.68. The van der Waals surface area contributed by atoms with E-state index in [2.05, 4.69) is 10.6 Å². The van der Waals surface area contributed by atoms with Crippen molar-refractivity contribution < 1.29 is 13.2 Å². The smallest absolute Gasteiger partial charge is 0.264 e. The number of thiocarbonyl (C=S) groups is 1. The molecule has 0 saturated heterocycles. The van der Waals surface area contributed by atoms with Gasteiger partial charge in [-0.2, -0.15) is 0 Å². The summed E-state index contributed by atoms with van der Waals surface area (Å²) >= 11 is 5.10. The summed E-state index contributed by atoms with van der Waals surface area (Å²) in [5, 5.41) is 5.72. The number of hydrogen-bond donors (Lipinski definition) is 2. The van der Waals surface area contributed by atoms with Gasteiger partial charge in [0, 0.05) is 18.7 Å². The van der Waals surface area contributed by atoms with Crippen LogP contribution in [0.2, 0.25) is 0 Å². The van der Waals surface area contributed by atoms with E-state index in [9.17, 15) is 13.2 Å². The second-order valence-corrected chi connectivity index (χ2v) is 8.43. The van der Waals surface area contributed by atoms with Gasteiger partial charge >= 0.3 is 0 Å². The highest BCUT2D eigenvalue weighted by molar-refractivity contribution is 7.92. The molecule has 0 spiro atoms. The molecule has 0 unspecified atom stereocenters. The summed E-state index contributed by atoms with van der Waals surface area (Å²) in [4.78, 5) is 11.8. The van der Waals surface area contributed by atoms with Gasteiger partial charge in [-0.05, 0) is 61.5 Å². The number of carbonyl (C=O) groups is 1. The molecule has 2 N–H and O–H groups in total. The van der Waals surface area contributed by atoms with Crippen molar-refractivity contribution in [1.82, 2.24) is 5.32 Å². The highest BCUT2D eigenvalue weighted by atomic mass is 32.2. The Bertz CT molecular complexity index is 908. The molecule has 0 bridgehead atoms. The van der Waals surface area contributed by atoms with Gasteiger partial charge in [0.15, 0.2) is 5.11 Å². The van der Waals surface area contributed by atoms with Crippen LogP contribution < -0.4 is 14.9 Å². The van der Waals surface area contributed by atoms with E-state index in [1.165, 1.54) is 23.5 Å². The number of hydrogen-bond acceptors (Lipinski definition) is 4.